The van der Waals surface area contributed by atoms with Crippen LogP contribution in [0.5, 0.6) is 0 Å². The van der Waals surface area contributed by atoms with Crippen molar-refractivity contribution in [1.29, 1.82) is 0 Å². The fraction of sp³-hybridized carbons (Fsp3) is 0.722. The van der Waals surface area contributed by atoms with Crippen LogP contribution >= 0.6 is 0 Å². The van der Waals surface area contributed by atoms with Gasteiger partial charge in [0.2, 0.25) is 0 Å². The van der Waals surface area contributed by atoms with E-state index >= 15 is 0 Å². The standard InChI is InChI=1S/C34H48N4.2CHF3O3S.Fe/c1-33(2)23-11-21-13-25(35-17-27(21)29(33)15-23)19-37(5)31-9-7-8-10-32(31)38(6)20-26-14-22-12-24-16-30(34(24,3)4)28(22)18-36-26;2*2-1(3,4)8(5,6)7;/h13-14,17-18,23-24,29-32H,7-12,15-16,19-20H2,1-6H3;2*(H,5,6,7);/q;;;+2/p-2/t23-,24-,29-,30-,31-,32-;;;/m0.../s1. The Kier molecular flexibility index (Phi) is 13.4. The number of aromatic nitrogens is 2. The summed E-state index contributed by atoms with van der Waals surface area (Å²) < 4.78 is 118. The maximum Gasteiger partial charge on any atom is 2.00 e. The summed E-state index contributed by atoms with van der Waals surface area (Å²) in [5.41, 5.74) is -1.59. The SMILES string of the molecule is CN(Cc1cc2c(cn1)[C@@H]1C[C@H](C2)C1(C)C)[C@H]1CCCC[C@@H]1N(C)Cc1cc2c(cn1)[C@@H]1C[C@H](C2)C1(C)C.O=S(=O)([O-])C(F)(F)F.O=S(=O)([O-])C(F)(F)F.[Fe+2]. The summed E-state index contributed by atoms with van der Waals surface area (Å²) in [6.45, 7) is 11.7. The van der Waals surface area contributed by atoms with E-state index < -0.39 is 31.3 Å². The zero-order valence-electron chi connectivity index (χ0n) is 31.5. The first-order valence-corrected chi connectivity index (χ1v) is 20.8. The van der Waals surface area contributed by atoms with Gasteiger partial charge < -0.3 is 9.11 Å². The Morgan fingerprint density at radius 1 is 0.691 bits per heavy atom. The van der Waals surface area contributed by atoms with E-state index in [0.29, 0.717) is 22.9 Å². The second-order valence-corrected chi connectivity index (χ2v) is 19.6. The van der Waals surface area contributed by atoms with E-state index in [1.807, 2.05) is 0 Å². The molecule has 9 rings (SSSR count). The van der Waals surface area contributed by atoms with Gasteiger partial charge >= 0.3 is 28.1 Å². The zero-order chi connectivity index (χ0) is 40.4. The van der Waals surface area contributed by atoms with Crippen LogP contribution in [-0.4, -0.2) is 82.9 Å². The van der Waals surface area contributed by atoms with E-state index in [0.717, 1.165) is 36.8 Å². The third-order valence-corrected chi connectivity index (χ3v) is 14.1. The van der Waals surface area contributed by atoms with Gasteiger partial charge in [-0.3, -0.25) is 19.8 Å². The molecule has 0 radical (unpaired) electrons. The fourth-order valence-electron chi connectivity index (χ4n) is 9.45. The number of hydrogen-bond donors (Lipinski definition) is 0. The van der Waals surface area contributed by atoms with Crippen molar-refractivity contribution in [2.24, 2.45) is 22.7 Å². The third-order valence-electron chi connectivity index (χ3n) is 13.0. The summed E-state index contributed by atoms with van der Waals surface area (Å²) in [6, 6.07) is 6.05. The van der Waals surface area contributed by atoms with Gasteiger partial charge in [0.15, 0.2) is 20.2 Å². The molecule has 6 atom stereocenters. The first-order chi connectivity index (χ1) is 24.6. The van der Waals surface area contributed by atoms with Gasteiger partial charge in [0, 0.05) is 37.6 Å². The number of hydrogen-bond acceptors (Lipinski definition) is 10. The summed E-state index contributed by atoms with van der Waals surface area (Å²) >= 11 is 0. The molecule has 10 nitrogen and oxygen atoms in total. The van der Waals surface area contributed by atoms with Crippen LogP contribution in [0.4, 0.5) is 26.3 Å². The van der Waals surface area contributed by atoms with E-state index in [-0.39, 0.29) is 17.1 Å². The maximum atomic E-state index is 10.7. The molecule has 0 unspecified atom stereocenters. The maximum absolute atomic E-state index is 10.7. The van der Waals surface area contributed by atoms with Gasteiger partial charge in [-0.1, -0.05) is 40.5 Å². The quantitative estimate of drug-likeness (QED) is 0.131. The van der Waals surface area contributed by atoms with E-state index in [2.05, 4.69) is 76.1 Å². The van der Waals surface area contributed by atoms with Gasteiger partial charge in [0.25, 0.3) is 0 Å². The average Bonchev–Trinajstić information content (AvgIpc) is 3.06. The van der Waals surface area contributed by atoms with Crippen LogP contribution in [0.1, 0.15) is 112 Å². The molecule has 0 N–H and O–H groups in total. The molecule has 2 aromatic heterocycles. The summed E-state index contributed by atoms with van der Waals surface area (Å²) in [7, 11) is -7.51. The second kappa shape index (κ2) is 16.1. The normalized spacial score (nSPS) is 27.4. The Labute approximate surface area is 330 Å². The van der Waals surface area contributed by atoms with Crippen LogP contribution < -0.4 is 0 Å². The van der Waals surface area contributed by atoms with Gasteiger partial charge in [0.1, 0.15) is 0 Å². The minimum Gasteiger partial charge on any atom is -0.741 e. The molecule has 310 valence electrons. The molecule has 0 saturated heterocycles. The summed E-state index contributed by atoms with van der Waals surface area (Å²) in [6.07, 6.45) is 14.9. The molecule has 0 aromatic carbocycles. The Balaban J connectivity index is 0.000000335. The molecule has 2 aromatic rings. The van der Waals surface area contributed by atoms with Crippen LogP contribution in [0.2, 0.25) is 0 Å². The second-order valence-electron chi connectivity index (χ2n) is 16.8. The molecular weight excluding hydrogens is 818 g/mol. The van der Waals surface area contributed by atoms with E-state index in [1.165, 1.54) is 73.9 Å². The predicted octanol–water partition coefficient (Wildman–Crippen LogP) is 6.82. The molecule has 0 spiro atoms. The van der Waals surface area contributed by atoms with Gasteiger partial charge in [-0.2, -0.15) is 26.3 Å². The van der Waals surface area contributed by atoms with E-state index in [1.54, 1.807) is 11.1 Å². The number of likely N-dealkylation sites (N-methyl/N-ethyl adjacent to an activating group) is 2. The molecule has 3 saturated carbocycles. The molecule has 4 bridgehead atoms. The van der Waals surface area contributed by atoms with Crippen molar-refractivity contribution in [3.8, 4) is 0 Å². The summed E-state index contributed by atoms with van der Waals surface area (Å²) in [5.74, 6) is 3.17. The van der Waals surface area contributed by atoms with Gasteiger partial charge in [0.05, 0.1) is 11.4 Å². The van der Waals surface area contributed by atoms with Crippen molar-refractivity contribution >= 4 is 20.2 Å². The minimum atomic E-state index is -6.09. The van der Waals surface area contributed by atoms with Crippen molar-refractivity contribution in [2.75, 3.05) is 14.1 Å². The minimum absolute atomic E-state index is 0. The molecule has 3 fully saturated rings. The molecule has 0 amide bonds. The molecule has 7 aliphatic carbocycles. The van der Waals surface area contributed by atoms with Gasteiger partial charge in [-0.25, -0.2) is 16.8 Å². The summed E-state index contributed by atoms with van der Waals surface area (Å²) in [4.78, 5) is 15.2. The number of rotatable bonds is 6. The van der Waals surface area contributed by atoms with Crippen molar-refractivity contribution in [2.45, 2.75) is 127 Å². The van der Waals surface area contributed by atoms with Crippen LogP contribution in [0.25, 0.3) is 0 Å². The number of nitrogens with zero attached hydrogens (tertiary/aromatic N) is 4. The van der Waals surface area contributed by atoms with Crippen LogP contribution in [0.3, 0.4) is 0 Å². The van der Waals surface area contributed by atoms with Crippen LogP contribution in [-0.2, 0) is 63.2 Å². The number of alkyl halides is 6. The Morgan fingerprint density at radius 2 is 1.00 bits per heavy atom. The average molecular weight is 867 g/mol. The largest absolute Gasteiger partial charge is 2.00 e. The fourth-order valence-corrected chi connectivity index (χ4v) is 9.45. The number of pyridine rings is 2. The van der Waals surface area contributed by atoms with Crippen molar-refractivity contribution in [3.05, 3.63) is 58.2 Å². The Bertz CT molecular complexity index is 1790. The first kappa shape index (κ1) is 45.8. The molecule has 2 heterocycles. The molecule has 0 aliphatic heterocycles. The predicted molar refractivity (Wildman–Crippen MR) is 186 cm³/mol. The van der Waals surface area contributed by atoms with Crippen molar-refractivity contribution < 1.29 is 69.4 Å². The zero-order valence-corrected chi connectivity index (χ0v) is 34.3. The van der Waals surface area contributed by atoms with Crippen molar-refractivity contribution in [3.63, 3.8) is 0 Å². The first-order valence-electron chi connectivity index (χ1n) is 18.0. The molecule has 19 heteroatoms. The smallest absolute Gasteiger partial charge is 0.741 e. The Hall–Kier alpha value is -1.86. The van der Waals surface area contributed by atoms with Crippen LogP contribution in [0.15, 0.2) is 24.5 Å². The molecule has 55 heavy (non-hydrogen) atoms. The topological polar surface area (TPSA) is 147 Å². The monoisotopic (exact) mass is 866 g/mol. The Morgan fingerprint density at radius 3 is 1.27 bits per heavy atom. The number of halogens is 6. The summed E-state index contributed by atoms with van der Waals surface area (Å²) in [5, 5.41) is 0. The van der Waals surface area contributed by atoms with Gasteiger partial charge in [-0.05, 0) is 122 Å². The van der Waals surface area contributed by atoms with E-state index in [9.17, 15) is 26.3 Å². The third kappa shape index (κ3) is 9.55. The van der Waals surface area contributed by atoms with Gasteiger partial charge in [-0.15, -0.1) is 0 Å². The molecular formula is C36H48F6FeN4O6S2. The van der Waals surface area contributed by atoms with Crippen molar-refractivity contribution in [1.82, 2.24) is 19.8 Å². The van der Waals surface area contributed by atoms with E-state index in [4.69, 9.17) is 35.9 Å². The molecule has 7 aliphatic rings. The van der Waals surface area contributed by atoms with Crippen LogP contribution in [0, 0.1) is 22.7 Å².